The molecule has 2 aromatic heterocycles. The smallest absolute Gasteiger partial charge is 0.309 e. The maximum atomic E-state index is 12.8. The zero-order valence-electron chi connectivity index (χ0n) is 15.7. The van der Waals surface area contributed by atoms with E-state index < -0.39 is 4.92 Å². The Kier molecular flexibility index (Phi) is 6.48. The number of Topliss-reactive ketones (excluding diaryl/α,β-unsaturated/α-hetero) is 1. The molecule has 1 aliphatic rings. The maximum absolute atomic E-state index is 12.8. The lowest BCUT2D eigenvalue weighted by molar-refractivity contribution is -0.693. The highest BCUT2D eigenvalue weighted by Crippen LogP contribution is 2.19. The normalized spacial score (nSPS) is 13.1. The predicted molar refractivity (Wildman–Crippen MR) is 101 cm³/mol. The van der Waals surface area contributed by atoms with E-state index in [0.29, 0.717) is 5.56 Å². The number of carbonyl (C=O) groups excluding carboxylic acids is 1. The molecule has 3 heterocycles. The van der Waals surface area contributed by atoms with Crippen LogP contribution >= 0.6 is 0 Å². The van der Waals surface area contributed by atoms with Gasteiger partial charge >= 0.3 is 5.82 Å². The topological polar surface area (TPSA) is 94.8 Å². The molecule has 29 heavy (non-hydrogen) atoms. The molecule has 0 amide bonds. The van der Waals surface area contributed by atoms with Crippen molar-refractivity contribution in [1.82, 2.24) is 14.8 Å². The summed E-state index contributed by atoms with van der Waals surface area (Å²) in [5.41, 5.74) is 1.19. The van der Waals surface area contributed by atoms with Crippen molar-refractivity contribution in [3.05, 3.63) is 70.3 Å². The minimum absolute atomic E-state index is 0. The number of nitro benzene ring substituents is 1. The average molecular weight is 458 g/mol. The first-order valence-electron chi connectivity index (χ1n) is 9.31. The van der Waals surface area contributed by atoms with Crippen molar-refractivity contribution in [3.8, 4) is 11.4 Å². The van der Waals surface area contributed by atoms with Crippen molar-refractivity contribution < 1.29 is 31.3 Å². The second kappa shape index (κ2) is 9.04. The van der Waals surface area contributed by atoms with Gasteiger partial charge in [0.2, 0.25) is 11.6 Å². The number of rotatable bonds is 5. The number of ketones is 1. The molecule has 0 radical (unpaired) electrons. The Hall–Kier alpha value is -2.94. The molecule has 0 saturated heterocycles. The molecular weight excluding hydrogens is 438 g/mol. The van der Waals surface area contributed by atoms with E-state index >= 15 is 0 Å². The number of carbonyl (C=O) groups is 1. The van der Waals surface area contributed by atoms with Crippen molar-refractivity contribution in [2.24, 2.45) is 0 Å². The lowest BCUT2D eigenvalue weighted by Gasteiger charge is -2.01. The number of fused-ring (bicyclic) bond motifs is 1. The highest BCUT2D eigenvalue weighted by molar-refractivity contribution is 5.96. The number of nitro groups is 1. The van der Waals surface area contributed by atoms with E-state index in [4.69, 9.17) is 5.10 Å². The summed E-state index contributed by atoms with van der Waals surface area (Å²) in [4.78, 5) is 27.4. The van der Waals surface area contributed by atoms with Gasteiger partial charge < -0.3 is 17.0 Å². The summed E-state index contributed by atoms with van der Waals surface area (Å²) in [5.74, 6) is 1.65. The molecule has 0 spiro atoms. The number of hydrogen-bond donors (Lipinski definition) is 0. The third kappa shape index (κ3) is 4.40. The fraction of sp³-hybridized carbons (Fsp3) is 0.300. The van der Waals surface area contributed by atoms with Gasteiger partial charge in [0.25, 0.3) is 5.69 Å². The second-order valence-corrected chi connectivity index (χ2v) is 6.83. The van der Waals surface area contributed by atoms with Crippen molar-refractivity contribution >= 4 is 11.5 Å². The summed E-state index contributed by atoms with van der Waals surface area (Å²) >= 11 is 0. The Balaban J connectivity index is 0.00000240. The summed E-state index contributed by atoms with van der Waals surface area (Å²) in [6.07, 6.45) is 7.56. The molecule has 4 rings (SSSR count). The first-order valence-corrected chi connectivity index (χ1v) is 9.31. The van der Waals surface area contributed by atoms with Crippen LogP contribution in [0.1, 0.15) is 35.4 Å². The van der Waals surface area contributed by atoms with E-state index in [1.807, 2.05) is 12.1 Å². The molecular formula is C20H20BrN5O3. The molecule has 0 aliphatic carbocycles. The summed E-state index contributed by atoms with van der Waals surface area (Å²) in [6.45, 7) is 0.916. The Labute approximate surface area is 178 Å². The Morgan fingerprint density at radius 2 is 1.97 bits per heavy atom. The molecule has 0 N–H and O–H groups in total. The van der Waals surface area contributed by atoms with E-state index in [1.165, 1.54) is 18.2 Å². The maximum Gasteiger partial charge on any atom is 0.309 e. The quantitative estimate of drug-likeness (QED) is 0.228. The fourth-order valence-corrected chi connectivity index (χ4v) is 3.58. The molecule has 0 saturated carbocycles. The molecule has 1 aromatic carbocycles. The van der Waals surface area contributed by atoms with Gasteiger partial charge in [0.15, 0.2) is 6.54 Å². The van der Waals surface area contributed by atoms with Gasteiger partial charge in [0.1, 0.15) is 0 Å². The first kappa shape index (κ1) is 20.8. The van der Waals surface area contributed by atoms with Gasteiger partial charge in [0.05, 0.1) is 17.0 Å². The second-order valence-electron chi connectivity index (χ2n) is 6.83. The third-order valence-electron chi connectivity index (χ3n) is 4.97. The van der Waals surface area contributed by atoms with Gasteiger partial charge in [-0.2, -0.15) is 0 Å². The minimum atomic E-state index is -0.492. The van der Waals surface area contributed by atoms with Gasteiger partial charge in [-0.15, -0.1) is 4.68 Å². The number of pyridine rings is 1. The zero-order chi connectivity index (χ0) is 19.5. The summed E-state index contributed by atoms with van der Waals surface area (Å²) in [7, 11) is 0. The predicted octanol–water partition coefficient (Wildman–Crippen LogP) is -0.246. The monoisotopic (exact) mass is 457 g/mol. The zero-order valence-corrected chi connectivity index (χ0v) is 17.3. The lowest BCUT2D eigenvalue weighted by Crippen LogP contribution is -3.00. The average Bonchev–Trinajstić information content (AvgIpc) is 2.89. The highest BCUT2D eigenvalue weighted by Gasteiger charge is 2.29. The number of aromatic nitrogens is 4. The summed E-state index contributed by atoms with van der Waals surface area (Å²) in [5, 5.41) is 15.7. The van der Waals surface area contributed by atoms with E-state index in [2.05, 4.69) is 9.55 Å². The minimum Gasteiger partial charge on any atom is -1.00 e. The van der Waals surface area contributed by atoms with Crippen molar-refractivity contribution in [3.63, 3.8) is 0 Å². The van der Waals surface area contributed by atoms with Gasteiger partial charge in [-0.3, -0.25) is 19.9 Å². The number of benzene rings is 1. The number of halogens is 1. The van der Waals surface area contributed by atoms with Crippen LogP contribution in [0.25, 0.3) is 11.4 Å². The Bertz CT molecular complexity index is 1040. The fourth-order valence-electron chi connectivity index (χ4n) is 3.58. The molecule has 150 valence electrons. The molecule has 0 bridgehead atoms. The molecule has 8 nitrogen and oxygen atoms in total. The van der Waals surface area contributed by atoms with Gasteiger partial charge in [0, 0.05) is 41.6 Å². The van der Waals surface area contributed by atoms with E-state index in [1.54, 1.807) is 23.1 Å². The molecule has 3 aromatic rings. The van der Waals surface area contributed by atoms with Crippen molar-refractivity contribution in [2.75, 3.05) is 0 Å². The summed E-state index contributed by atoms with van der Waals surface area (Å²) in [6, 6.07) is 9.66. The molecule has 0 fully saturated rings. The van der Waals surface area contributed by atoms with Crippen LogP contribution in [0.2, 0.25) is 0 Å². The van der Waals surface area contributed by atoms with Gasteiger partial charge in [-0.05, 0) is 31.4 Å². The van der Waals surface area contributed by atoms with Gasteiger partial charge in [-0.1, -0.05) is 12.1 Å². The lowest BCUT2D eigenvalue weighted by atomic mass is 10.1. The van der Waals surface area contributed by atoms with Crippen LogP contribution in [-0.4, -0.2) is 25.5 Å². The standard InChI is InChI=1S/C20H20N5O3.BrH/c26-18(16-5-4-6-17(13-16)25(27)28)14-24-19-7-2-1-3-12-23(19)20(22-24)15-8-10-21-11-9-15;/h4-6,8-11,13H,1-3,7,12,14H2;1H/q+1;/p-1. The molecule has 0 unspecified atom stereocenters. The van der Waals surface area contributed by atoms with Crippen LogP contribution in [0.15, 0.2) is 48.8 Å². The molecule has 0 atom stereocenters. The van der Waals surface area contributed by atoms with Crippen LogP contribution < -0.4 is 21.5 Å². The van der Waals surface area contributed by atoms with Crippen LogP contribution in [0, 0.1) is 10.1 Å². The van der Waals surface area contributed by atoms with E-state index in [-0.39, 0.29) is 35.0 Å². The summed E-state index contributed by atoms with van der Waals surface area (Å²) < 4.78 is 3.94. The van der Waals surface area contributed by atoms with Crippen LogP contribution in [0.4, 0.5) is 5.69 Å². The Morgan fingerprint density at radius 1 is 1.17 bits per heavy atom. The van der Waals surface area contributed by atoms with Crippen LogP contribution in [-0.2, 0) is 19.5 Å². The molecule has 9 heteroatoms. The van der Waals surface area contributed by atoms with Crippen molar-refractivity contribution in [2.45, 2.75) is 38.8 Å². The number of non-ortho nitro benzene ring substituents is 1. The Morgan fingerprint density at radius 3 is 2.72 bits per heavy atom. The van der Waals surface area contributed by atoms with E-state index in [0.717, 1.165) is 49.4 Å². The number of nitrogens with zero attached hydrogens (tertiary/aromatic N) is 5. The largest absolute Gasteiger partial charge is 1.00 e. The van der Waals surface area contributed by atoms with Crippen LogP contribution in [0.5, 0.6) is 0 Å². The molecule has 1 aliphatic heterocycles. The van der Waals surface area contributed by atoms with Crippen LogP contribution in [0.3, 0.4) is 0 Å². The first-order chi connectivity index (χ1) is 13.6. The van der Waals surface area contributed by atoms with E-state index in [9.17, 15) is 14.9 Å². The highest BCUT2D eigenvalue weighted by atomic mass is 79.9. The van der Waals surface area contributed by atoms with Gasteiger partial charge in [-0.25, -0.2) is 4.57 Å². The van der Waals surface area contributed by atoms with Crippen molar-refractivity contribution in [1.29, 1.82) is 0 Å². The number of hydrogen-bond acceptors (Lipinski definition) is 5. The third-order valence-corrected chi connectivity index (χ3v) is 4.97. The SMILES string of the molecule is O=C(Cn1nc(-c2ccncc2)[n+]2c1CCCCC2)c1cccc([N+](=O)[O-])c1.[Br-].